The van der Waals surface area contributed by atoms with E-state index in [1.807, 2.05) is 18.7 Å². The zero-order chi connectivity index (χ0) is 16.8. The molecule has 24 heavy (non-hydrogen) atoms. The fourth-order valence-electron chi connectivity index (χ4n) is 1.97. The van der Waals surface area contributed by atoms with E-state index in [9.17, 15) is 0 Å². The maximum atomic E-state index is 5.33. The molecule has 1 aromatic rings. The van der Waals surface area contributed by atoms with E-state index in [2.05, 4.69) is 53.7 Å². The molecule has 0 fully saturated rings. The van der Waals surface area contributed by atoms with Crippen molar-refractivity contribution in [3.05, 3.63) is 29.8 Å². The van der Waals surface area contributed by atoms with Crippen LogP contribution in [0, 0.1) is 6.92 Å². The summed E-state index contributed by atoms with van der Waals surface area (Å²) >= 11 is 1.86. The molecule has 0 atom stereocenters. The molecule has 1 rings (SSSR count). The minimum absolute atomic E-state index is 0. The Labute approximate surface area is 168 Å². The van der Waals surface area contributed by atoms with Crippen molar-refractivity contribution in [2.75, 3.05) is 38.6 Å². The summed E-state index contributed by atoms with van der Waals surface area (Å²) < 4.78 is 5.33. The van der Waals surface area contributed by atoms with Crippen LogP contribution in [0.25, 0.3) is 0 Å². The Morgan fingerprint density at radius 1 is 1.12 bits per heavy atom. The highest BCUT2D eigenvalue weighted by Gasteiger charge is 1.98. The van der Waals surface area contributed by atoms with Crippen molar-refractivity contribution in [2.24, 2.45) is 4.99 Å². The first-order valence-corrected chi connectivity index (χ1v) is 9.54. The number of ether oxygens (including phenoxy) is 1. The largest absolute Gasteiger partial charge is 0.382 e. The number of halogens is 1. The zero-order valence-electron chi connectivity index (χ0n) is 15.1. The molecule has 6 heteroatoms. The van der Waals surface area contributed by atoms with Crippen LogP contribution in [-0.2, 0) is 4.74 Å². The van der Waals surface area contributed by atoms with Crippen LogP contribution in [0.3, 0.4) is 0 Å². The maximum absolute atomic E-state index is 5.33. The minimum Gasteiger partial charge on any atom is -0.382 e. The molecule has 0 aliphatic carbocycles. The van der Waals surface area contributed by atoms with Crippen LogP contribution < -0.4 is 10.6 Å². The lowest BCUT2D eigenvalue weighted by molar-refractivity contribution is 0.144. The maximum Gasteiger partial charge on any atom is 0.191 e. The second-order valence-electron chi connectivity index (χ2n) is 5.25. The third-order valence-electron chi connectivity index (χ3n) is 3.20. The molecule has 0 saturated heterocycles. The number of rotatable bonds is 11. The van der Waals surface area contributed by atoms with E-state index in [0.717, 1.165) is 57.4 Å². The molecule has 138 valence electrons. The van der Waals surface area contributed by atoms with E-state index < -0.39 is 0 Å². The number of hydrogen-bond acceptors (Lipinski definition) is 3. The summed E-state index contributed by atoms with van der Waals surface area (Å²) in [7, 11) is 0. The van der Waals surface area contributed by atoms with Gasteiger partial charge in [-0.15, -0.1) is 35.7 Å². The molecule has 0 saturated carbocycles. The lowest BCUT2D eigenvalue weighted by Crippen LogP contribution is -2.38. The monoisotopic (exact) mass is 465 g/mol. The fraction of sp³-hybridized carbons (Fsp3) is 0.611. The highest BCUT2D eigenvalue weighted by atomic mass is 127. The van der Waals surface area contributed by atoms with Crippen molar-refractivity contribution in [3.63, 3.8) is 0 Å². The van der Waals surface area contributed by atoms with Crippen LogP contribution >= 0.6 is 35.7 Å². The second kappa shape index (κ2) is 16.0. The van der Waals surface area contributed by atoms with Gasteiger partial charge in [0, 0.05) is 43.5 Å². The summed E-state index contributed by atoms with van der Waals surface area (Å²) in [6.45, 7) is 10.5. The van der Waals surface area contributed by atoms with Gasteiger partial charge in [0.25, 0.3) is 0 Å². The summed E-state index contributed by atoms with van der Waals surface area (Å²) in [5, 5.41) is 6.68. The number of unbranched alkanes of at least 4 members (excludes halogenated alkanes) is 1. The van der Waals surface area contributed by atoms with Gasteiger partial charge in [-0.2, -0.15) is 0 Å². The third kappa shape index (κ3) is 12.0. The van der Waals surface area contributed by atoms with E-state index in [4.69, 9.17) is 4.74 Å². The number of guanidine groups is 1. The summed E-state index contributed by atoms with van der Waals surface area (Å²) in [5.74, 6) is 1.94. The topological polar surface area (TPSA) is 45.7 Å². The van der Waals surface area contributed by atoms with Gasteiger partial charge < -0.3 is 15.4 Å². The van der Waals surface area contributed by atoms with Gasteiger partial charge in [0.15, 0.2) is 5.96 Å². The zero-order valence-corrected chi connectivity index (χ0v) is 18.3. The molecule has 0 aromatic heterocycles. The second-order valence-corrected chi connectivity index (χ2v) is 6.42. The summed E-state index contributed by atoms with van der Waals surface area (Å²) in [4.78, 5) is 5.91. The Balaban J connectivity index is 0.00000529. The van der Waals surface area contributed by atoms with Gasteiger partial charge in [-0.3, -0.25) is 4.99 Å². The number of nitrogens with zero attached hydrogens (tertiary/aromatic N) is 1. The molecule has 1 aromatic carbocycles. The van der Waals surface area contributed by atoms with E-state index >= 15 is 0 Å². The van der Waals surface area contributed by atoms with Crippen LogP contribution in [0.4, 0.5) is 0 Å². The lowest BCUT2D eigenvalue weighted by atomic mass is 10.2. The van der Waals surface area contributed by atoms with E-state index in [0.29, 0.717) is 0 Å². The molecule has 0 radical (unpaired) electrons. The van der Waals surface area contributed by atoms with Crippen LogP contribution in [0.15, 0.2) is 34.2 Å². The Bertz CT molecular complexity index is 440. The average Bonchev–Trinajstić information content (AvgIpc) is 2.56. The van der Waals surface area contributed by atoms with Gasteiger partial charge in [0.2, 0.25) is 0 Å². The predicted molar refractivity (Wildman–Crippen MR) is 117 cm³/mol. The van der Waals surface area contributed by atoms with E-state index in [-0.39, 0.29) is 24.0 Å². The minimum atomic E-state index is 0. The smallest absolute Gasteiger partial charge is 0.191 e. The first kappa shape index (κ1) is 23.5. The molecule has 0 heterocycles. The van der Waals surface area contributed by atoms with Crippen LogP contribution in [-0.4, -0.2) is 44.6 Å². The van der Waals surface area contributed by atoms with Crippen molar-refractivity contribution in [1.29, 1.82) is 0 Å². The molecule has 0 aliphatic rings. The van der Waals surface area contributed by atoms with Crippen LogP contribution in [0.5, 0.6) is 0 Å². The number of benzene rings is 1. The Morgan fingerprint density at radius 3 is 2.54 bits per heavy atom. The molecule has 0 unspecified atom stereocenters. The van der Waals surface area contributed by atoms with Gasteiger partial charge in [-0.05, 0) is 45.7 Å². The number of nitrogens with one attached hydrogen (secondary N) is 2. The molecule has 0 spiro atoms. The highest BCUT2D eigenvalue weighted by molar-refractivity contribution is 14.0. The Hall–Kier alpha value is -0.470. The SMILES string of the molecule is CCNC(=NCCCCOCC)NCCSc1ccc(C)cc1.I. The van der Waals surface area contributed by atoms with Gasteiger partial charge in [0.05, 0.1) is 0 Å². The normalized spacial score (nSPS) is 11.0. The number of thioether (sulfide) groups is 1. The third-order valence-corrected chi connectivity index (χ3v) is 4.21. The van der Waals surface area contributed by atoms with Crippen molar-refractivity contribution in [3.8, 4) is 0 Å². The van der Waals surface area contributed by atoms with Crippen LogP contribution in [0.2, 0.25) is 0 Å². The lowest BCUT2D eigenvalue weighted by Gasteiger charge is -2.11. The van der Waals surface area contributed by atoms with Gasteiger partial charge in [0.1, 0.15) is 0 Å². The van der Waals surface area contributed by atoms with Gasteiger partial charge in [-0.1, -0.05) is 17.7 Å². The number of aliphatic imine (C=N–C) groups is 1. The quantitative estimate of drug-likeness (QED) is 0.170. The van der Waals surface area contributed by atoms with Crippen molar-refractivity contribution in [2.45, 2.75) is 38.5 Å². The highest BCUT2D eigenvalue weighted by Crippen LogP contribution is 2.17. The van der Waals surface area contributed by atoms with Gasteiger partial charge >= 0.3 is 0 Å². The molecular weight excluding hydrogens is 433 g/mol. The van der Waals surface area contributed by atoms with E-state index in [1.54, 1.807) is 0 Å². The molecule has 4 nitrogen and oxygen atoms in total. The van der Waals surface area contributed by atoms with Crippen molar-refractivity contribution < 1.29 is 4.74 Å². The summed E-state index contributed by atoms with van der Waals surface area (Å²) in [6.07, 6.45) is 2.13. The predicted octanol–water partition coefficient (Wildman–Crippen LogP) is 4.08. The average molecular weight is 465 g/mol. The first-order chi connectivity index (χ1) is 11.3. The fourth-order valence-corrected chi connectivity index (χ4v) is 2.73. The molecular formula is C18H32IN3OS. The first-order valence-electron chi connectivity index (χ1n) is 8.55. The number of hydrogen-bond donors (Lipinski definition) is 2. The summed E-state index contributed by atoms with van der Waals surface area (Å²) in [5.41, 5.74) is 1.30. The Morgan fingerprint density at radius 2 is 1.88 bits per heavy atom. The molecule has 0 bridgehead atoms. The number of aryl methyl sites for hydroxylation is 1. The Kier molecular flexibility index (Phi) is 15.7. The molecule has 2 N–H and O–H groups in total. The summed E-state index contributed by atoms with van der Waals surface area (Å²) in [6, 6.07) is 8.67. The van der Waals surface area contributed by atoms with Crippen LogP contribution in [0.1, 0.15) is 32.3 Å². The molecule has 0 amide bonds. The van der Waals surface area contributed by atoms with Crippen molar-refractivity contribution >= 4 is 41.7 Å². The van der Waals surface area contributed by atoms with Gasteiger partial charge in [-0.25, -0.2) is 0 Å². The van der Waals surface area contributed by atoms with Crippen molar-refractivity contribution in [1.82, 2.24) is 10.6 Å². The van der Waals surface area contributed by atoms with E-state index in [1.165, 1.54) is 10.5 Å². The standard InChI is InChI=1S/C18H31N3OS.HI/c1-4-19-18(20-12-6-7-14-22-5-2)21-13-15-23-17-10-8-16(3)9-11-17;/h8-11H,4-7,12-15H2,1-3H3,(H2,19,20,21);1H. The molecule has 0 aliphatic heterocycles.